The van der Waals surface area contributed by atoms with Gasteiger partial charge >= 0.3 is 5.97 Å². The molecule has 2 rings (SSSR count). The minimum Gasteiger partial charge on any atom is -0.465 e. The van der Waals surface area contributed by atoms with E-state index in [2.05, 4.69) is 4.98 Å². The summed E-state index contributed by atoms with van der Waals surface area (Å²) in [7, 11) is 3.04. The molecule has 0 aliphatic rings. The Kier molecular flexibility index (Phi) is 5.68. The molecule has 1 heterocycles. The van der Waals surface area contributed by atoms with Crippen molar-refractivity contribution in [1.82, 2.24) is 9.88 Å². The molecule has 0 aliphatic heterocycles. The zero-order chi connectivity index (χ0) is 17.7. The van der Waals surface area contributed by atoms with Gasteiger partial charge in [0.2, 0.25) is 0 Å². The largest absolute Gasteiger partial charge is 0.465 e. The third-order valence-corrected chi connectivity index (χ3v) is 4.02. The van der Waals surface area contributed by atoms with E-state index in [1.807, 2.05) is 26.0 Å². The van der Waals surface area contributed by atoms with Crippen molar-refractivity contribution in [2.24, 2.45) is 0 Å². The van der Waals surface area contributed by atoms with Gasteiger partial charge in [0.05, 0.1) is 18.2 Å². The first kappa shape index (κ1) is 17.7. The summed E-state index contributed by atoms with van der Waals surface area (Å²) in [4.78, 5) is 30.6. The second-order valence-corrected chi connectivity index (χ2v) is 5.83. The van der Waals surface area contributed by atoms with Crippen molar-refractivity contribution in [3.63, 3.8) is 0 Å². The van der Waals surface area contributed by atoms with E-state index in [9.17, 15) is 9.59 Å². The zero-order valence-corrected chi connectivity index (χ0v) is 14.4. The van der Waals surface area contributed by atoms with Crippen LogP contribution in [-0.4, -0.2) is 42.0 Å². The summed E-state index contributed by atoms with van der Waals surface area (Å²) in [5.41, 5.74) is 2.69. The van der Waals surface area contributed by atoms with E-state index in [1.54, 1.807) is 42.4 Å². The summed E-state index contributed by atoms with van der Waals surface area (Å²) >= 11 is 0. The highest BCUT2D eigenvalue weighted by Gasteiger charge is 2.23. The highest BCUT2D eigenvalue weighted by atomic mass is 16.5. The molecular formula is C19H22N2O3. The van der Waals surface area contributed by atoms with Crippen molar-refractivity contribution in [1.29, 1.82) is 0 Å². The number of hydrogen-bond donors (Lipinski definition) is 0. The predicted molar refractivity (Wildman–Crippen MR) is 92.0 cm³/mol. The van der Waals surface area contributed by atoms with Crippen LogP contribution < -0.4 is 0 Å². The number of carbonyl (C=O) groups is 2. The van der Waals surface area contributed by atoms with Crippen LogP contribution in [0.2, 0.25) is 0 Å². The average Bonchev–Trinajstić information content (AvgIpc) is 2.59. The average molecular weight is 326 g/mol. The van der Waals surface area contributed by atoms with Crippen LogP contribution in [0.4, 0.5) is 0 Å². The van der Waals surface area contributed by atoms with Gasteiger partial charge < -0.3 is 9.64 Å². The molecule has 0 radical (unpaired) electrons. The lowest BCUT2D eigenvalue weighted by molar-refractivity contribution is 0.0589. The number of amides is 1. The molecule has 1 atom stereocenters. The molecule has 2 aromatic rings. The van der Waals surface area contributed by atoms with Crippen LogP contribution in [0.5, 0.6) is 0 Å². The molecule has 5 nitrogen and oxygen atoms in total. The van der Waals surface area contributed by atoms with Crippen molar-refractivity contribution < 1.29 is 14.3 Å². The number of ether oxygens (including phenoxy) is 1. The standard InChI is InChI=1S/C19H22N2O3/c1-13-9-10-20-15(11-13)12-14(2)21(3)18(22)16-7-5-6-8-17(16)19(23)24-4/h5-11,14H,12H2,1-4H3. The van der Waals surface area contributed by atoms with E-state index < -0.39 is 5.97 Å². The molecule has 0 saturated carbocycles. The predicted octanol–water partition coefficient (Wildman–Crippen LogP) is 2.88. The molecule has 1 aromatic heterocycles. The summed E-state index contributed by atoms with van der Waals surface area (Å²) in [6, 6.07) is 10.6. The first-order valence-electron chi connectivity index (χ1n) is 7.80. The van der Waals surface area contributed by atoms with Crippen molar-refractivity contribution in [2.75, 3.05) is 14.2 Å². The molecule has 126 valence electrons. The van der Waals surface area contributed by atoms with Gasteiger partial charge in [0.1, 0.15) is 0 Å². The van der Waals surface area contributed by atoms with E-state index in [0.29, 0.717) is 12.0 Å². The monoisotopic (exact) mass is 326 g/mol. The molecule has 1 amide bonds. The molecule has 0 spiro atoms. The molecule has 0 saturated heterocycles. The number of esters is 1. The number of aryl methyl sites for hydroxylation is 1. The number of rotatable bonds is 5. The summed E-state index contributed by atoms with van der Waals surface area (Å²) in [5.74, 6) is -0.725. The number of benzene rings is 1. The van der Waals surface area contributed by atoms with Crippen LogP contribution in [0.25, 0.3) is 0 Å². The van der Waals surface area contributed by atoms with E-state index in [-0.39, 0.29) is 17.5 Å². The molecule has 0 N–H and O–H groups in total. The van der Waals surface area contributed by atoms with Crippen LogP contribution in [0, 0.1) is 6.92 Å². The Hall–Kier alpha value is -2.69. The number of likely N-dealkylation sites (N-methyl/N-ethyl adjacent to an activating group) is 1. The number of pyridine rings is 1. The molecule has 24 heavy (non-hydrogen) atoms. The van der Waals surface area contributed by atoms with Gasteiger partial charge in [-0.1, -0.05) is 12.1 Å². The summed E-state index contributed by atoms with van der Waals surface area (Å²) in [6.45, 7) is 3.97. The van der Waals surface area contributed by atoms with Gasteiger partial charge in [0.15, 0.2) is 0 Å². The second kappa shape index (κ2) is 7.73. The molecule has 0 fully saturated rings. The minimum atomic E-state index is -0.514. The smallest absolute Gasteiger partial charge is 0.338 e. The lowest BCUT2D eigenvalue weighted by Crippen LogP contribution is -2.37. The van der Waals surface area contributed by atoms with Crippen LogP contribution in [0.15, 0.2) is 42.6 Å². The van der Waals surface area contributed by atoms with Gasteiger partial charge in [-0.05, 0) is 43.7 Å². The maximum absolute atomic E-state index is 12.8. The van der Waals surface area contributed by atoms with Crippen molar-refractivity contribution >= 4 is 11.9 Å². The van der Waals surface area contributed by atoms with Crippen LogP contribution in [0.1, 0.15) is 38.9 Å². The van der Waals surface area contributed by atoms with E-state index in [4.69, 9.17) is 4.74 Å². The normalized spacial score (nSPS) is 11.7. The lowest BCUT2D eigenvalue weighted by atomic mass is 10.0. The summed E-state index contributed by atoms with van der Waals surface area (Å²) in [6.07, 6.45) is 2.41. The molecular weight excluding hydrogens is 304 g/mol. The van der Waals surface area contributed by atoms with Crippen molar-refractivity contribution in [3.8, 4) is 0 Å². The maximum Gasteiger partial charge on any atom is 0.338 e. The fraction of sp³-hybridized carbons (Fsp3) is 0.316. The third-order valence-electron chi connectivity index (χ3n) is 4.02. The third kappa shape index (κ3) is 3.98. The molecule has 1 aromatic carbocycles. The Bertz CT molecular complexity index is 743. The number of carbonyl (C=O) groups excluding carboxylic acids is 2. The molecule has 0 aliphatic carbocycles. The van der Waals surface area contributed by atoms with Crippen LogP contribution in [0.3, 0.4) is 0 Å². The molecule has 0 bridgehead atoms. The number of methoxy groups -OCH3 is 1. The Balaban J connectivity index is 2.19. The van der Waals surface area contributed by atoms with Gasteiger partial charge in [-0.15, -0.1) is 0 Å². The SMILES string of the molecule is COC(=O)c1ccccc1C(=O)N(C)C(C)Cc1cc(C)ccn1. The fourth-order valence-corrected chi connectivity index (χ4v) is 2.50. The van der Waals surface area contributed by atoms with Gasteiger partial charge in [-0.3, -0.25) is 9.78 Å². The Morgan fingerprint density at radius 1 is 1.21 bits per heavy atom. The van der Waals surface area contributed by atoms with E-state index >= 15 is 0 Å². The van der Waals surface area contributed by atoms with Crippen LogP contribution >= 0.6 is 0 Å². The second-order valence-electron chi connectivity index (χ2n) is 5.83. The maximum atomic E-state index is 12.8. The van der Waals surface area contributed by atoms with Gasteiger partial charge in [0.25, 0.3) is 5.91 Å². The van der Waals surface area contributed by atoms with Gasteiger partial charge in [0, 0.05) is 31.4 Å². The minimum absolute atomic E-state index is 0.0579. The molecule has 5 heteroatoms. The number of hydrogen-bond acceptors (Lipinski definition) is 4. The first-order chi connectivity index (χ1) is 11.4. The van der Waals surface area contributed by atoms with Crippen molar-refractivity contribution in [2.45, 2.75) is 26.3 Å². The number of nitrogens with zero attached hydrogens (tertiary/aromatic N) is 2. The zero-order valence-electron chi connectivity index (χ0n) is 14.4. The van der Waals surface area contributed by atoms with E-state index in [0.717, 1.165) is 11.3 Å². The Morgan fingerprint density at radius 2 is 1.88 bits per heavy atom. The number of aromatic nitrogens is 1. The Labute approximate surface area is 142 Å². The molecule has 1 unspecified atom stereocenters. The summed E-state index contributed by atoms with van der Waals surface area (Å²) in [5, 5.41) is 0. The van der Waals surface area contributed by atoms with E-state index in [1.165, 1.54) is 7.11 Å². The lowest BCUT2D eigenvalue weighted by Gasteiger charge is -2.25. The van der Waals surface area contributed by atoms with Crippen molar-refractivity contribution in [3.05, 3.63) is 65.0 Å². The van der Waals surface area contributed by atoms with Gasteiger partial charge in [-0.25, -0.2) is 4.79 Å². The quantitative estimate of drug-likeness (QED) is 0.793. The van der Waals surface area contributed by atoms with Crippen LogP contribution in [-0.2, 0) is 11.2 Å². The van der Waals surface area contributed by atoms with Gasteiger partial charge in [-0.2, -0.15) is 0 Å². The first-order valence-corrected chi connectivity index (χ1v) is 7.80. The topological polar surface area (TPSA) is 59.5 Å². The highest BCUT2D eigenvalue weighted by molar-refractivity contribution is 6.05. The summed E-state index contributed by atoms with van der Waals surface area (Å²) < 4.78 is 4.76. The fourth-order valence-electron chi connectivity index (χ4n) is 2.50. The Morgan fingerprint density at radius 3 is 2.50 bits per heavy atom. The highest BCUT2D eigenvalue weighted by Crippen LogP contribution is 2.15.